The van der Waals surface area contributed by atoms with Gasteiger partial charge in [-0.3, -0.25) is 0 Å². The molecule has 0 aromatic carbocycles. The van der Waals surface area contributed by atoms with E-state index in [4.69, 9.17) is 14.6 Å². The Morgan fingerprint density at radius 2 is 2.15 bits per heavy atom. The van der Waals surface area contributed by atoms with Crippen LogP contribution in [0.1, 0.15) is 32.0 Å². The third-order valence-electron chi connectivity index (χ3n) is 2.88. The first kappa shape index (κ1) is 16.7. The molecule has 0 fully saturated rings. The van der Waals surface area contributed by atoms with E-state index in [1.54, 1.807) is 13.3 Å². The Labute approximate surface area is 120 Å². The fourth-order valence-electron chi connectivity index (χ4n) is 1.89. The van der Waals surface area contributed by atoms with Gasteiger partial charge in [0.05, 0.1) is 12.8 Å². The van der Waals surface area contributed by atoms with E-state index in [1.807, 2.05) is 6.92 Å². The van der Waals surface area contributed by atoms with E-state index in [-0.39, 0.29) is 12.6 Å². The number of ether oxygens (including phenoxy) is 2. The number of nitrogens with one attached hydrogen (secondary N) is 1. The molecule has 0 bridgehead atoms. The van der Waals surface area contributed by atoms with E-state index >= 15 is 0 Å². The monoisotopic (exact) mass is 283 g/mol. The van der Waals surface area contributed by atoms with Crippen molar-refractivity contribution in [1.29, 1.82) is 0 Å². The van der Waals surface area contributed by atoms with Gasteiger partial charge in [0, 0.05) is 19.8 Å². The zero-order chi connectivity index (χ0) is 14.8. The summed E-state index contributed by atoms with van der Waals surface area (Å²) in [6, 6.07) is 0.184. The molecule has 20 heavy (non-hydrogen) atoms. The zero-order valence-electron chi connectivity index (χ0n) is 12.6. The highest BCUT2D eigenvalue weighted by molar-refractivity contribution is 5.49. The second-order valence-electron chi connectivity index (χ2n) is 4.61. The Bertz CT molecular complexity index is 382. The van der Waals surface area contributed by atoms with Crippen LogP contribution in [0.3, 0.4) is 0 Å². The first-order valence-corrected chi connectivity index (χ1v) is 7.04. The van der Waals surface area contributed by atoms with Crippen LogP contribution in [0.5, 0.6) is 5.75 Å². The number of hydrogen-bond acceptors (Lipinski definition) is 6. The van der Waals surface area contributed by atoms with Gasteiger partial charge in [0.15, 0.2) is 11.6 Å². The molecule has 1 aromatic rings. The van der Waals surface area contributed by atoms with Gasteiger partial charge in [-0.2, -0.15) is 0 Å². The number of aliphatic hydroxyl groups is 1. The molecular weight excluding hydrogens is 258 g/mol. The Balaban J connectivity index is 2.75. The number of methoxy groups -OCH3 is 1. The average molecular weight is 283 g/mol. The molecule has 1 rings (SSSR count). The Hall–Kier alpha value is -1.40. The molecule has 0 unspecified atom stereocenters. The highest BCUT2D eigenvalue weighted by atomic mass is 16.5. The van der Waals surface area contributed by atoms with Crippen molar-refractivity contribution in [2.75, 3.05) is 32.2 Å². The SMILES string of the molecule is CCC[C@@H](CCO)Nc1nc(C)ncc1OCCOC. The number of aliphatic hydroxyl groups excluding tert-OH is 1. The van der Waals surface area contributed by atoms with Gasteiger partial charge in [-0.15, -0.1) is 0 Å². The van der Waals surface area contributed by atoms with Crippen molar-refractivity contribution in [2.24, 2.45) is 0 Å². The van der Waals surface area contributed by atoms with E-state index in [9.17, 15) is 0 Å². The largest absolute Gasteiger partial charge is 0.486 e. The van der Waals surface area contributed by atoms with E-state index in [0.717, 1.165) is 12.8 Å². The van der Waals surface area contributed by atoms with Crippen LogP contribution in [0.25, 0.3) is 0 Å². The van der Waals surface area contributed by atoms with Crippen LogP contribution in [-0.4, -0.2) is 48.0 Å². The molecule has 0 amide bonds. The summed E-state index contributed by atoms with van der Waals surface area (Å²) in [6.45, 7) is 5.08. The topological polar surface area (TPSA) is 76.5 Å². The van der Waals surface area contributed by atoms with Crippen LogP contribution in [0, 0.1) is 6.92 Å². The van der Waals surface area contributed by atoms with Gasteiger partial charge >= 0.3 is 0 Å². The van der Waals surface area contributed by atoms with Crippen molar-refractivity contribution in [3.8, 4) is 5.75 Å². The Morgan fingerprint density at radius 3 is 2.80 bits per heavy atom. The minimum atomic E-state index is 0.154. The lowest BCUT2D eigenvalue weighted by Gasteiger charge is -2.19. The molecule has 0 saturated heterocycles. The first-order valence-electron chi connectivity index (χ1n) is 7.04. The van der Waals surface area contributed by atoms with E-state index < -0.39 is 0 Å². The highest BCUT2D eigenvalue weighted by Crippen LogP contribution is 2.23. The van der Waals surface area contributed by atoms with Gasteiger partial charge in [0.1, 0.15) is 12.4 Å². The predicted octanol–water partition coefficient (Wildman–Crippen LogP) is 1.77. The third-order valence-corrected chi connectivity index (χ3v) is 2.88. The maximum absolute atomic E-state index is 9.12. The molecule has 2 N–H and O–H groups in total. The molecule has 6 nitrogen and oxygen atoms in total. The standard InChI is InChI=1S/C14H25N3O3/c1-4-5-12(6-7-18)17-14-13(20-9-8-19-3)10-15-11(2)16-14/h10,12,18H,4-9H2,1-3H3,(H,15,16,17)/t12-/m0/s1. The maximum Gasteiger partial charge on any atom is 0.179 e. The van der Waals surface area contributed by atoms with E-state index in [1.165, 1.54) is 0 Å². The summed E-state index contributed by atoms with van der Waals surface area (Å²) in [5.74, 6) is 1.98. The lowest BCUT2D eigenvalue weighted by molar-refractivity contribution is 0.146. The second kappa shape index (κ2) is 9.50. The fourth-order valence-corrected chi connectivity index (χ4v) is 1.89. The number of hydrogen-bond donors (Lipinski definition) is 2. The van der Waals surface area contributed by atoms with Crippen LogP contribution < -0.4 is 10.1 Å². The summed E-state index contributed by atoms with van der Waals surface area (Å²) in [5.41, 5.74) is 0. The number of rotatable bonds is 10. The lowest BCUT2D eigenvalue weighted by Crippen LogP contribution is -2.22. The lowest BCUT2D eigenvalue weighted by atomic mass is 10.1. The maximum atomic E-state index is 9.12. The molecule has 0 aliphatic rings. The van der Waals surface area contributed by atoms with Crippen LogP contribution in [0.2, 0.25) is 0 Å². The van der Waals surface area contributed by atoms with Crippen LogP contribution >= 0.6 is 0 Å². The number of aryl methyl sites for hydroxylation is 1. The fraction of sp³-hybridized carbons (Fsp3) is 0.714. The molecule has 0 aliphatic carbocycles. The van der Waals surface area contributed by atoms with E-state index in [0.29, 0.717) is 37.0 Å². The molecular formula is C14H25N3O3. The molecule has 0 radical (unpaired) electrons. The van der Waals surface area contributed by atoms with Gasteiger partial charge in [-0.25, -0.2) is 9.97 Å². The minimum absolute atomic E-state index is 0.154. The van der Waals surface area contributed by atoms with Gasteiger partial charge < -0.3 is 19.9 Å². The third kappa shape index (κ3) is 5.71. The first-order chi connectivity index (χ1) is 9.71. The predicted molar refractivity (Wildman–Crippen MR) is 78.2 cm³/mol. The van der Waals surface area contributed by atoms with Crippen molar-refractivity contribution in [3.63, 3.8) is 0 Å². The van der Waals surface area contributed by atoms with Crippen LogP contribution in [0.4, 0.5) is 5.82 Å². The molecule has 1 heterocycles. The molecule has 0 saturated carbocycles. The van der Waals surface area contributed by atoms with Gasteiger partial charge in [-0.1, -0.05) is 13.3 Å². The molecule has 6 heteroatoms. The zero-order valence-corrected chi connectivity index (χ0v) is 12.6. The normalized spacial score (nSPS) is 12.2. The smallest absolute Gasteiger partial charge is 0.179 e. The molecule has 0 spiro atoms. The second-order valence-corrected chi connectivity index (χ2v) is 4.61. The van der Waals surface area contributed by atoms with Crippen molar-refractivity contribution < 1.29 is 14.6 Å². The number of anilines is 1. The van der Waals surface area contributed by atoms with Crippen molar-refractivity contribution in [3.05, 3.63) is 12.0 Å². The highest BCUT2D eigenvalue weighted by Gasteiger charge is 2.13. The summed E-state index contributed by atoms with van der Waals surface area (Å²) in [7, 11) is 1.63. The average Bonchev–Trinajstić information content (AvgIpc) is 2.42. The van der Waals surface area contributed by atoms with Gasteiger partial charge in [0.25, 0.3) is 0 Å². The van der Waals surface area contributed by atoms with Crippen molar-refractivity contribution in [2.45, 2.75) is 39.2 Å². The number of nitrogens with zero attached hydrogens (tertiary/aromatic N) is 2. The summed E-state index contributed by atoms with van der Waals surface area (Å²) < 4.78 is 10.6. The number of aromatic nitrogens is 2. The van der Waals surface area contributed by atoms with E-state index in [2.05, 4.69) is 22.2 Å². The van der Waals surface area contributed by atoms with Crippen molar-refractivity contribution in [1.82, 2.24) is 9.97 Å². The van der Waals surface area contributed by atoms with Crippen molar-refractivity contribution >= 4 is 5.82 Å². The summed E-state index contributed by atoms with van der Waals surface area (Å²) in [5, 5.41) is 12.5. The minimum Gasteiger partial charge on any atom is -0.486 e. The van der Waals surface area contributed by atoms with Crippen LogP contribution in [-0.2, 0) is 4.74 Å². The summed E-state index contributed by atoms with van der Waals surface area (Å²) >= 11 is 0. The molecule has 114 valence electrons. The molecule has 0 aliphatic heterocycles. The quantitative estimate of drug-likeness (QED) is 0.637. The Kier molecular flexibility index (Phi) is 7.91. The summed E-state index contributed by atoms with van der Waals surface area (Å²) in [4.78, 5) is 8.54. The van der Waals surface area contributed by atoms with Crippen LogP contribution in [0.15, 0.2) is 6.20 Å². The Morgan fingerprint density at radius 1 is 1.35 bits per heavy atom. The molecule has 1 aromatic heterocycles. The van der Waals surface area contributed by atoms with Gasteiger partial charge in [-0.05, 0) is 19.8 Å². The van der Waals surface area contributed by atoms with Gasteiger partial charge in [0.2, 0.25) is 0 Å². The summed E-state index contributed by atoms with van der Waals surface area (Å²) in [6.07, 6.45) is 4.37. The molecule has 1 atom stereocenters.